The fourth-order valence-corrected chi connectivity index (χ4v) is 2.00. The first kappa shape index (κ1) is 12.9. The molecule has 0 spiro atoms. The molecule has 1 aliphatic heterocycles. The van der Waals surface area contributed by atoms with Gasteiger partial charge in [-0.15, -0.1) is 0 Å². The summed E-state index contributed by atoms with van der Waals surface area (Å²) in [6.07, 6.45) is 2.49. The Bertz CT molecular complexity index is 416. The smallest absolute Gasteiger partial charge is 0.232 e. The minimum Gasteiger partial charge on any atom is -0.381 e. The van der Waals surface area contributed by atoms with Crippen molar-refractivity contribution >= 4 is 11.6 Å². The van der Waals surface area contributed by atoms with Gasteiger partial charge in [-0.2, -0.15) is 4.39 Å². The van der Waals surface area contributed by atoms with Gasteiger partial charge < -0.3 is 15.8 Å². The topological polar surface area (TPSA) is 77.2 Å². The van der Waals surface area contributed by atoms with Crippen LogP contribution in [0.15, 0.2) is 18.3 Å². The Morgan fingerprint density at radius 3 is 2.78 bits per heavy atom. The van der Waals surface area contributed by atoms with Gasteiger partial charge in [0.15, 0.2) is 0 Å². The van der Waals surface area contributed by atoms with E-state index in [2.05, 4.69) is 10.3 Å². The molecule has 2 rings (SSSR count). The van der Waals surface area contributed by atoms with Crippen molar-refractivity contribution in [3.8, 4) is 0 Å². The quantitative estimate of drug-likeness (QED) is 0.785. The van der Waals surface area contributed by atoms with Gasteiger partial charge >= 0.3 is 0 Å². The fourth-order valence-electron chi connectivity index (χ4n) is 2.00. The van der Waals surface area contributed by atoms with Crippen LogP contribution < -0.4 is 11.1 Å². The van der Waals surface area contributed by atoms with Crippen molar-refractivity contribution in [2.45, 2.75) is 12.8 Å². The molecule has 1 amide bonds. The Balaban J connectivity index is 2.07. The van der Waals surface area contributed by atoms with Gasteiger partial charge in [-0.05, 0) is 25.0 Å². The lowest BCUT2D eigenvalue weighted by Gasteiger charge is -2.34. The summed E-state index contributed by atoms with van der Waals surface area (Å²) in [7, 11) is 0. The highest BCUT2D eigenvalue weighted by Crippen LogP contribution is 2.30. The number of amides is 1. The summed E-state index contributed by atoms with van der Waals surface area (Å²) in [5.74, 6) is -0.727. The molecule has 0 unspecified atom stereocenters. The number of carbonyl (C=O) groups is 1. The van der Waals surface area contributed by atoms with E-state index >= 15 is 0 Å². The predicted octanol–water partition coefficient (Wildman–Crippen LogP) is 0.915. The maximum atomic E-state index is 12.7. The van der Waals surface area contributed by atoms with Gasteiger partial charge in [-0.1, -0.05) is 0 Å². The van der Waals surface area contributed by atoms with E-state index < -0.39 is 11.4 Å². The minimum absolute atomic E-state index is 0.151. The number of anilines is 1. The number of aromatic nitrogens is 1. The monoisotopic (exact) mass is 253 g/mol. The van der Waals surface area contributed by atoms with Crippen molar-refractivity contribution in [2.24, 2.45) is 11.1 Å². The third-order valence-electron chi connectivity index (χ3n) is 3.31. The zero-order chi connectivity index (χ0) is 13.0. The lowest BCUT2D eigenvalue weighted by atomic mass is 9.79. The number of carbonyl (C=O) groups excluding carboxylic acids is 1. The average molecular weight is 253 g/mol. The van der Waals surface area contributed by atoms with Crippen LogP contribution in [0, 0.1) is 11.4 Å². The number of hydrogen-bond acceptors (Lipinski definition) is 4. The summed E-state index contributed by atoms with van der Waals surface area (Å²) in [4.78, 5) is 15.7. The van der Waals surface area contributed by atoms with Crippen LogP contribution >= 0.6 is 0 Å². The highest BCUT2D eigenvalue weighted by Gasteiger charge is 2.38. The van der Waals surface area contributed by atoms with Crippen LogP contribution in [0.3, 0.4) is 0 Å². The molecular formula is C12H16FN3O2. The summed E-state index contributed by atoms with van der Waals surface area (Å²) in [6, 6.07) is 2.68. The summed E-state index contributed by atoms with van der Waals surface area (Å²) in [5.41, 5.74) is 5.61. The summed E-state index contributed by atoms with van der Waals surface area (Å²) in [6.45, 7) is 1.34. The van der Waals surface area contributed by atoms with Gasteiger partial charge in [0.1, 0.15) is 0 Å². The van der Waals surface area contributed by atoms with E-state index in [4.69, 9.17) is 10.5 Å². The Morgan fingerprint density at radius 2 is 2.22 bits per heavy atom. The van der Waals surface area contributed by atoms with Crippen LogP contribution in [0.2, 0.25) is 0 Å². The van der Waals surface area contributed by atoms with E-state index in [1.807, 2.05) is 0 Å². The van der Waals surface area contributed by atoms with Crippen LogP contribution in [0.1, 0.15) is 12.8 Å². The number of pyridine rings is 1. The second-order valence-corrected chi connectivity index (χ2v) is 4.42. The largest absolute Gasteiger partial charge is 0.381 e. The van der Waals surface area contributed by atoms with Gasteiger partial charge in [0.05, 0.1) is 17.3 Å². The van der Waals surface area contributed by atoms with Crippen molar-refractivity contribution in [3.05, 3.63) is 24.3 Å². The summed E-state index contributed by atoms with van der Waals surface area (Å²) >= 11 is 0. The molecule has 1 aromatic rings. The van der Waals surface area contributed by atoms with E-state index in [9.17, 15) is 9.18 Å². The standard InChI is InChI=1S/C12H16FN3O2/c13-10-2-1-9(7-15-10)16-11(17)12(8-14)3-5-18-6-4-12/h1-2,7H,3-6,8,14H2,(H,16,17). The molecular weight excluding hydrogens is 237 g/mol. The highest BCUT2D eigenvalue weighted by molar-refractivity contribution is 5.95. The minimum atomic E-state index is -0.591. The van der Waals surface area contributed by atoms with Crippen LogP contribution in [0.25, 0.3) is 0 Å². The first-order valence-corrected chi connectivity index (χ1v) is 5.87. The molecule has 0 saturated carbocycles. The first-order chi connectivity index (χ1) is 8.66. The number of hydrogen-bond donors (Lipinski definition) is 2. The third kappa shape index (κ3) is 2.65. The highest BCUT2D eigenvalue weighted by atomic mass is 19.1. The molecule has 6 heteroatoms. The molecule has 0 aromatic carbocycles. The molecule has 0 bridgehead atoms. The van der Waals surface area contributed by atoms with Crippen molar-refractivity contribution < 1.29 is 13.9 Å². The molecule has 98 valence electrons. The first-order valence-electron chi connectivity index (χ1n) is 5.87. The van der Waals surface area contributed by atoms with Gasteiger partial charge in [0, 0.05) is 19.8 Å². The Labute approximate surface area is 105 Å². The van der Waals surface area contributed by atoms with Crippen LogP contribution in [-0.4, -0.2) is 30.6 Å². The van der Waals surface area contributed by atoms with Crippen LogP contribution in [-0.2, 0) is 9.53 Å². The molecule has 2 heterocycles. The Hall–Kier alpha value is -1.53. The van der Waals surface area contributed by atoms with E-state index in [1.54, 1.807) is 0 Å². The molecule has 1 fully saturated rings. The zero-order valence-corrected chi connectivity index (χ0v) is 9.99. The van der Waals surface area contributed by atoms with Crippen LogP contribution in [0.5, 0.6) is 0 Å². The maximum absolute atomic E-state index is 12.7. The van der Waals surface area contributed by atoms with E-state index in [0.29, 0.717) is 31.7 Å². The number of nitrogens with zero attached hydrogens (tertiary/aromatic N) is 1. The number of nitrogens with two attached hydrogens (primary N) is 1. The lowest BCUT2D eigenvalue weighted by Crippen LogP contribution is -2.46. The van der Waals surface area contributed by atoms with Crippen LogP contribution in [0.4, 0.5) is 10.1 Å². The van der Waals surface area contributed by atoms with Crippen molar-refractivity contribution in [2.75, 3.05) is 25.1 Å². The van der Waals surface area contributed by atoms with E-state index in [-0.39, 0.29) is 12.5 Å². The number of halogens is 1. The molecule has 0 aliphatic carbocycles. The van der Waals surface area contributed by atoms with Crippen molar-refractivity contribution in [1.29, 1.82) is 0 Å². The second kappa shape index (κ2) is 5.41. The third-order valence-corrected chi connectivity index (χ3v) is 3.31. The fraction of sp³-hybridized carbons (Fsp3) is 0.500. The van der Waals surface area contributed by atoms with Gasteiger partial charge in [0.25, 0.3) is 0 Å². The van der Waals surface area contributed by atoms with Gasteiger partial charge in [-0.3, -0.25) is 4.79 Å². The average Bonchev–Trinajstić information content (AvgIpc) is 2.42. The molecule has 1 aromatic heterocycles. The molecule has 1 saturated heterocycles. The normalized spacial score (nSPS) is 18.3. The van der Waals surface area contributed by atoms with Crippen molar-refractivity contribution in [3.63, 3.8) is 0 Å². The summed E-state index contributed by atoms with van der Waals surface area (Å²) < 4.78 is 17.9. The predicted molar refractivity (Wildman–Crippen MR) is 64.4 cm³/mol. The van der Waals surface area contributed by atoms with Gasteiger partial charge in [-0.25, -0.2) is 4.98 Å². The summed E-state index contributed by atoms with van der Waals surface area (Å²) in [5, 5.41) is 2.73. The molecule has 1 aliphatic rings. The zero-order valence-electron chi connectivity index (χ0n) is 9.99. The van der Waals surface area contributed by atoms with E-state index in [0.717, 1.165) is 0 Å². The molecule has 5 nitrogen and oxygen atoms in total. The number of nitrogens with one attached hydrogen (secondary N) is 1. The Kier molecular flexibility index (Phi) is 3.88. The molecule has 3 N–H and O–H groups in total. The molecule has 0 radical (unpaired) electrons. The SMILES string of the molecule is NCC1(C(=O)Nc2ccc(F)nc2)CCOCC1. The maximum Gasteiger partial charge on any atom is 0.232 e. The molecule has 18 heavy (non-hydrogen) atoms. The van der Waals surface area contributed by atoms with Crippen molar-refractivity contribution in [1.82, 2.24) is 4.98 Å². The molecule has 0 atom stereocenters. The lowest BCUT2D eigenvalue weighted by molar-refractivity contribution is -0.130. The number of ether oxygens (including phenoxy) is 1. The van der Waals surface area contributed by atoms with E-state index in [1.165, 1.54) is 18.3 Å². The number of rotatable bonds is 3. The Morgan fingerprint density at radius 1 is 1.50 bits per heavy atom. The second-order valence-electron chi connectivity index (χ2n) is 4.42. The van der Waals surface area contributed by atoms with Gasteiger partial charge in [0.2, 0.25) is 11.9 Å².